The maximum absolute atomic E-state index is 6.28. The molecule has 2 heteroatoms. The first-order valence-electron chi connectivity index (χ1n) is 11.9. The van der Waals surface area contributed by atoms with Crippen LogP contribution in [0.5, 0.6) is 5.75 Å². The average Bonchev–Trinajstić information content (AvgIpc) is 2.75. The van der Waals surface area contributed by atoms with Crippen LogP contribution in [0.2, 0.25) is 0 Å². The summed E-state index contributed by atoms with van der Waals surface area (Å²) in [5, 5.41) is 0. The van der Waals surface area contributed by atoms with Crippen molar-refractivity contribution in [3.8, 4) is 5.75 Å². The number of likely N-dealkylation sites (N-methyl/N-ethyl adjacent to an activating group) is 1. The van der Waals surface area contributed by atoms with Gasteiger partial charge in [0.05, 0.1) is 6.61 Å². The minimum Gasteiger partial charge on any atom is -0.493 e. The van der Waals surface area contributed by atoms with Gasteiger partial charge in [-0.25, -0.2) is 0 Å². The average molecular weight is 408 g/mol. The molecule has 0 spiro atoms. The Bertz CT molecular complexity index is 787. The van der Waals surface area contributed by atoms with E-state index in [9.17, 15) is 0 Å². The Labute approximate surface area is 184 Å². The maximum atomic E-state index is 6.28. The van der Waals surface area contributed by atoms with Crippen LogP contribution in [-0.2, 0) is 25.7 Å². The number of fused-ring (bicyclic) bond motifs is 1. The summed E-state index contributed by atoms with van der Waals surface area (Å²) in [4.78, 5) is 2.54. The molecule has 0 heterocycles. The van der Waals surface area contributed by atoms with Crippen LogP contribution in [0.1, 0.15) is 75.6 Å². The summed E-state index contributed by atoms with van der Waals surface area (Å²) >= 11 is 0. The molecule has 0 saturated heterocycles. The largest absolute Gasteiger partial charge is 0.493 e. The summed E-state index contributed by atoms with van der Waals surface area (Å²) in [6.07, 6.45) is 9.38. The van der Waals surface area contributed by atoms with Crippen molar-refractivity contribution in [2.75, 3.05) is 13.7 Å². The highest BCUT2D eigenvalue weighted by molar-refractivity contribution is 5.42. The van der Waals surface area contributed by atoms with Crippen LogP contribution < -0.4 is 4.74 Å². The second-order valence-electron chi connectivity index (χ2n) is 9.90. The molecular formula is C28H41NO. The van der Waals surface area contributed by atoms with Crippen molar-refractivity contribution in [3.05, 3.63) is 64.7 Å². The number of nitrogens with zero attached hydrogens (tertiary/aromatic N) is 1. The fraction of sp³-hybridized carbons (Fsp3) is 0.571. The zero-order chi connectivity index (χ0) is 21.6. The molecular weight excluding hydrogens is 366 g/mol. The Balaban J connectivity index is 1.46. The van der Waals surface area contributed by atoms with Crippen LogP contribution in [0.25, 0.3) is 0 Å². The van der Waals surface area contributed by atoms with Gasteiger partial charge in [0, 0.05) is 11.6 Å². The summed E-state index contributed by atoms with van der Waals surface area (Å²) < 4.78 is 6.28. The van der Waals surface area contributed by atoms with E-state index in [2.05, 4.69) is 82.1 Å². The summed E-state index contributed by atoms with van der Waals surface area (Å²) in [6.45, 7) is 9.96. The third-order valence-corrected chi connectivity index (χ3v) is 6.82. The van der Waals surface area contributed by atoms with Gasteiger partial charge in [0.15, 0.2) is 0 Å². The number of unbranched alkanes of at least 4 members (excludes halogenated alkanes) is 2. The van der Waals surface area contributed by atoms with Crippen molar-refractivity contribution in [3.63, 3.8) is 0 Å². The molecule has 164 valence electrons. The molecule has 3 rings (SSSR count). The molecule has 0 bridgehead atoms. The molecule has 0 amide bonds. The third-order valence-electron chi connectivity index (χ3n) is 6.82. The number of aryl methyl sites for hydroxylation is 3. The van der Waals surface area contributed by atoms with Crippen LogP contribution in [-0.4, -0.2) is 30.1 Å². The topological polar surface area (TPSA) is 12.5 Å². The van der Waals surface area contributed by atoms with E-state index < -0.39 is 0 Å². The normalized spacial score (nSPS) is 16.5. The Morgan fingerprint density at radius 2 is 1.70 bits per heavy atom. The number of hydrogen-bond donors (Lipinski definition) is 0. The Morgan fingerprint density at radius 3 is 2.40 bits per heavy atom. The van der Waals surface area contributed by atoms with Gasteiger partial charge in [-0.3, -0.25) is 4.90 Å². The Morgan fingerprint density at radius 1 is 0.967 bits per heavy atom. The lowest BCUT2D eigenvalue weighted by Gasteiger charge is -2.41. The van der Waals surface area contributed by atoms with Crippen molar-refractivity contribution in [2.45, 2.75) is 90.6 Å². The quantitative estimate of drug-likeness (QED) is 0.433. The molecule has 1 aliphatic carbocycles. The van der Waals surface area contributed by atoms with Gasteiger partial charge in [-0.1, -0.05) is 43.3 Å². The first-order valence-corrected chi connectivity index (χ1v) is 11.9. The number of benzene rings is 2. The highest BCUT2D eigenvalue weighted by Gasteiger charge is 2.29. The van der Waals surface area contributed by atoms with E-state index in [0.29, 0.717) is 6.04 Å². The van der Waals surface area contributed by atoms with Crippen molar-refractivity contribution < 1.29 is 4.74 Å². The smallest absolute Gasteiger partial charge is 0.122 e. The lowest BCUT2D eigenvalue weighted by Crippen LogP contribution is -2.47. The Kier molecular flexibility index (Phi) is 7.99. The van der Waals surface area contributed by atoms with Crippen molar-refractivity contribution >= 4 is 0 Å². The molecule has 0 fully saturated rings. The van der Waals surface area contributed by atoms with Crippen molar-refractivity contribution in [1.29, 1.82) is 0 Å². The monoisotopic (exact) mass is 407 g/mol. The summed E-state index contributed by atoms with van der Waals surface area (Å²) in [7, 11) is 2.27. The lowest BCUT2D eigenvalue weighted by atomic mass is 9.85. The second kappa shape index (κ2) is 10.5. The molecule has 0 aromatic heterocycles. The predicted octanol–water partition coefficient (Wildman–Crippen LogP) is 6.63. The van der Waals surface area contributed by atoms with Crippen LogP contribution in [0.4, 0.5) is 0 Å². The van der Waals surface area contributed by atoms with Gasteiger partial charge in [-0.05, 0) is 108 Å². The first-order chi connectivity index (χ1) is 14.4. The molecule has 30 heavy (non-hydrogen) atoms. The van der Waals surface area contributed by atoms with Crippen LogP contribution in [0.15, 0.2) is 42.5 Å². The van der Waals surface area contributed by atoms with Crippen LogP contribution >= 0.6 is 0 Å². The first kappa shape index (κ1) is 22.9. The van der Waals surface area contributed by atoms with Gasteiger partial charge in [-0.15, -0.1) is 0 Å². The van der Waals surface area contributed by atoms with E-state index in [0.717, 1.165) is 38.0 Å². The van der Waals surface area contributed by atoms with Gasteiger partial charge < -0.3 is 4.74 Å². The molecule has 1 atom stereocenters. The van der Waals surface area contributed by atoms with E-state index in [1.165, 1.54) is 47.9 Å². The van der Waals surface area contributed by atoms with Gasteiger partial charge in [0.2, 0.25) is 0 Å². The molecule has 0 radical (unpaired) electrons. The molecule has 2 nitrogen and oxygen atoms in total. The van der Waals surface area contributed by atoms with E-state index in [4.69, 9.17) is 4.74 Å². The molecule has 1 aliphatic rings. The number of ether oxygens (including phenoxy) is 1. The van der Waals surface area contributed by atoms with E-state index in [1.807, 2.05) is 0 Å². The summed E-state index contributed by atoms with van der Waals surface area (Å²) in [5.41, 5.74) is 6.02. The molecule has 0 saturated carbocycles. The molecule has 2 aromatic rings. The highest BCUT2D eigenvalue weighted by atomic mass is 16.5. The molecule has 0 aliphatic heterocycles. The highest BCUT2D eigenvalue weighted by Crippen LogP contribution is 2.33. The SMILES string of the molecule is CCc1ccc(CCCCCOc2cccc3c2CC(N(C)C(C)(C)C)CC3)cc1. The van der Waals surface area contributed by atoms with E-state index in [-0.39, 0.29) is 5.54 Å². The van der Waals surface area contributed by atoms with Crippen molar-refractivity contribution in [2.24, 2.45) is 0 Å². The molecule has 2 aromatic carbocycles. The maximum Gasteiger partial charge on any atom is 0.122 e. The van der Waals surface area contributed by atoms with Crippen LogP contribution in [0, 0.1) is 0 Å². The van der Waals surface area contributed by atoms with E-state index in [1.54, 1.807) is 0 Å². The number of rotatable bonds is 9. The third kappa shape index (κ3) is 6.11. The minimum absolute atomic E-state index is 0.203. The number of hydrogen-bond acceptors (Lipinski definition) is 2. The fourth-order valence-electron chi connectivity index (χ4n) is 4.48. The Hall–Kier alpha value is -1.80. The van der Waals surface area contributed by atoms with Gasteiger partial charge in [-0.2, -0.15) is 0 Å². The van der Waals surface area contributed by atoms with E-state index >= 15 is 0 Å². The van der Waals surface area contributed by atoms with Gasteiger partial charge in [0.1, 0.15) is 5.75 Å². The van der Waals surface area contributed by atoms with Crippen molar-refractivity contribution in [1.82, 2.24) is 4.90 Å². The minimum atomic E-state index is 0.203. The fourth-order valence-corrected chi connectivity index (χ4v) is 4.48. The predicted molar refractivity (Wildman–Crippen MR) is 129 cm³/mol. The molecule has 0 N–H and O–H groups in total. The second-order valence-corrected chi connectivity index (χ2v) is 9.90. The zero-order valence-corrected chi connectivity index (χ0v) is 19.8. The molecule has 1 unspecified atom stereocenters. The lowest BCUT2D eigenvalue weighted by molar-refractivity contribution is 0.106. The standard InChI is InChI=1S/C28H41NO/c1-6-22-14-16-23(17-15-22)11-8-7-9-20-30-27-13-10-12-24-18-19-25(21-26(24)27)29(5)28(2,3)4/h10,12-17,25H,6-9,11,18-21H2,1-5H3. The van der Waals surface area contributed by atoms with Gasteiger partial charge in [0.25, 0.3) is 0 Å². The van der Waals surface area contributed by atoms with Gasteiger partial charge >= 0.3 is 0 Å². The summed E-state index contributed by atoms with van der Waals surface area (Å²) in [5.74, 6) is 1.12. The van der Waals surface area contributed by atoms with Crippen LogP contribution in [0.3, 0.4) is 0 Å². The summed E-state index contributed by atoms with van der Waals surface area (Å²) in [6, 6.07) is 16.3. The zero-order valence-electron chi connectivity index (χ0n) is 19.8.